The molecule has 154 valence electrons. The SMILES string of the molecule is COc1ccc(CN(Sc2ccc(F)c(C(F)(F)F)c2)c2nccs2)c(OC)c1. The molecule has 0 amide bonds. The van der Waals surface area contributed by atoms with Gasteiger partial charge in [0.05, 0.1) is 26.3 Å². The summed E-state index contributed by atoms with van der Waals surface area (Å²) in [5.41, 5.74) is -0.516. The van der Waals surface area contributed by atoms with E-state index in [-0.39, 0.29) is 4.90 Å². The van der Waals surface area contributed by atoms with E-state index >= 15 is 0 Å². The number of nitrogens with zero attached hydrogens (tertiary/aromatic N) is 2. The first kappa shape index (κ1) is 21.3. The smallest absolute Gasteiger partial charge is 0.419 e. The standard InChI is InChI=1S/C19H16F4N2O2S2/c1-26-13-4-3-12(17(9-13)27-2)11-25(18-24-7-8-28-18)29-14-5-6-16(20)15(10-14)19(21,22)23/h3-10H,11H2,1-2H3. The van der Waals surface area contributed by atoms with Gasteiger partial charge in [0.1, 0.15) is 17.3 Å². The average molecular weight is 444 g/mol. The third kappa shape index (κ3) is 5.13. The molecule has 0 spiro atoms. The molecule has 1 aromatic heterocycles. The van der Waals surface area contributed by atoms with Crippen molar-refractivity contribution in [2.45, 2.75) is 17.6 Å². The second-order valence-corrected chi connectivity index (χ2v) is 7.73. The minimum atomic E-state index is -4.77. The fourth-order valence-electron chi connectivity index (χ4n) is 2.52. The van der Waals surface area contributed by atoms with Crippen molar-refractivity contribution in [1.29, 1.82) is 0 Å². The molecule has 0 unspecified atom stereocenters. The summed E-state index contributed by atoms with van der Waals surface area (Å²) in [6.45, 7) is 0.296. The maximum atomic E-state index is 13.6. The first-order valence-electron chi connectivity index (χ1n) is 8.24. The van der Waals surface area contributed by atoms with Gasteiger partial charge >= 0.3 is 6.18 Å². The van der Waals surface area contributed by atoms with Gasteiger partial charge in [-0.25, -0.2) is 9.37 Å². The number of alkyl halides is 3. The normalized spacial score (nSPS) is 11.4. The molecule has 0 bridgehead atoms. The number of hydrogen-bond donors (Lipinski definition) is 0. The Bertz CT molecular complexity index is 965. The summed E-state index contributed by atoms with van der Waals surface area (Å²) in [5, 5.41) is 2.35. The molecule has 1 heterocycles. The van der Waals surface area contributed by atoms with E-state index < -0.39 is 17.6 Å². The van der Waals surface area contributed by atoms with Gasteiger partial charge in [-0.2, -0.15) is 13.2 Å². The second kappa shape index (κ2) is 8.91. The van der Waals surface area contributed by atoms with Crippen molar-refractivity contribution in [1.82, 2.24) is 4.98 Å². The van der Waals surface area contributed by atoms with Gasteiger partial charge in [-0.1, -0.05) is 0 Å². The Morgan fingerprint density at radius 1 is 1.10 bits per heavy atom. The fraction of sp³-hybridized carbons (Fsp3) is 0.211. The summed E-state index contributed by atoms with van der Waals surface area (Å²) in [4.78, 5) is 4.49. The molecule has 0 saturated heterocycles. The molecule has 29 heavy (non-hydrogen) atoms. The maximum Gasteiger partial charge on any atom is 0.419 e. The largest absolute Gasteiger partial charge is 0.497 e. The van der Waals surface area contributed by atoms with Crippen LogP contribution in [0.3, 0.4) is 0 Å². The van der Waals surface area contributed by atoms with Gasteiger partial charge in [0.2, 0.25) is 0 Å². The fourth-order valence-corrected chi connectivity index (χ4v) is 4.19. The molecule has 4 nitrogen and oxygen atoms in total. The minimum absolute atomic E-state index is 0.237. The zero-order chi connectivity index (χ0) is 21.0. The molecule has 0 fully saturated rings. The lowest BCUT2D eigenvalue weighted by Gasteiger charge is -2.22. The Kier molecular flexibility index (Phi) is 6.53. The zero-order valence-electron chi connectivity index (χ0n) is 15.4. The number of benzene rings is 2. The lowest BCUT2D eigenvalue weighted by atomic mass is 10.2. The molecule has 0 saturated carbocycles. The number of methoxy groups -OCH3 is 2. The number of ether oxygens (including phenoxy) is 2. The van der Waals surface area contributed by atoms with Crippen LogP contribution in [0.2, 0.25) is 0 Å². The van der Waals surface area contributed by atoms with E-state index in [1.54, 1.807) is 35.1 Å². The van der Waals surface area contributed by atoms with E-state index in [4.69, 9.17) is 9.47 Å². The molecular formula is C19H16F4N2O2S2. The predicted molar refractivity (Wildman–Crippen MR) is 105 cm³/mol. The molecule has 0 aliphatic heterocycles. The van der Waals surface area contributed by atoms with E-state index in [1.807, 2.05) is 6.07 Å². The maximum absolute atomic E-state index is 13.6. The van der Waals surface area contributed by atoms with Crippen LogP contribution < -0.4 is 13.8 Å². The van der Waals surface area contributed by atoms with Crippen LogP contribution in [0.4, 0.5) is 22.7 Å². The van der Waals surface area contributed by atoms with E-state index in [9.17, 15) is 17.6 Å². The van der Waals surface area contributed by atoms with Crippen molar-refractivity contribution in [2.75, 3.05) is 18.5 Å². The third-order valence-electron chi connectivity index (χ3n) is 3.90. The molecule has 0 atom stereocenters. The lowest BCUT2D eigenvalue weighted by Crippen LogP contribution is -2.15. The van der Waals surface area contributed by atoms with Crippen LogP contribution in [-0.2, 0) is 12.7 Å². The van der Waals surface area contributed by atoms with Crippen molar-refractivity contribution in [3.05, 3.63) is 64.9 Å². The zero-order valence-corrected chi connectivity index (χ0v) is 17.0. The van der Waals surface area contributed by atoms with Crippen molar-refractivity contribution in [2.24, 2.45) is 0 Å². The number of thiazole rings is 1. The predicted octanol–water partition coefficient (Wildman–Crippen LogP) is 6.03. The van der Waals surface area contributed by atoms with Crippen LogP contribution >= 0.6 is 23.3 Å². The second-order valence-electron chi connectivity index (χ2n) is 5.76. The first-order chi connectivity index (χ1) is 13.8. The van der Waals surface area contributed by atoms with E-state index in [2.05, 4.69) is 4.98 Å². The highest BCUT2D eigenvalue weighted by molar-refractivity contribution is 8.00. The molecule has 0 N–H and O–H groups in total. The summed E-state index contributed by atoms with van der Waals surface area (Å²) in [6, 6.07) is 8.22. The Balaban J connectivity index is 1.92. The Morgan fingerprint density at radius 2 is 1.90 bits per heavy atom. The molecule has 10 heteroatoms. The third-order valence-corrected chi connectivity index (χ3v) is 5.80. The summed E-state index contributed by atoms with van der Waals surface area (Å²) in [5.74, 6) is -0.117. The summed E-state index contributed by atoms with van der Waals surface area (Å²) < 4.78 is 65.1. The van der Waals surface area contributed by atoms with Crippen molar-refractivity contribution < 1.29 is 27.0 Å². The van der Waals surface area contributed by atoms with Crippen LogP contribution in [0, 0.1) is 5.82 Å². The van der Waals surface area contributed by atoms with Crippen LogP contribution in [0.15, 0.2) is 52.9 Å². The minimum Gasteiger partial charge on any atom is -0.497 e. The molecule has 2 aromatic carbocycles. The van der Waals surface area contributed by atoms with Gasteiger partial charge in [-0.05, 0) is 42.3 Å². The van der Waals surface area contributed by atoms with Crippen molar-refractivity contribution >= 4 is 28.4 Å². The average Bonchev–Trinajstić information content (AvgIpc) is 3.23. The van der Waals surface area contributed by atoms with Crippen LogP contribution in [0.1, 0.15) is 11.1 Å². The topological polar surface area (TPSA) is 34.6 Å². The highest BCUT2D eigenvalue weighted by Crippen LogP contribution is 2.38. The summed E-state index contributed by atoms with van der Waals surface area (Å²) in [7, 11) is 3.06. The summed E-state index contributed by atoms with van der Waals surface area (Å²) >= 11 is 2.37. The molecule has 0 aliphatic rings. The van der Waals surface area contributed by atoms with E-state index in [0.717, 1.165) is 29.6 Å². The molecule has 0 aliphatic carbocycles. The number of aromatic nitrogens is 1. The van der Waals surface area contributed by atoms with E-state index in [1.165, 1.54) is 24.5 Å². The monoisotopic (exact) mass is 444 g/mol. The molecular weight excluding hydrogens is 428 g/mol. The van der Waals surface area contributed by atoms with Gasteiger partial charge in [0.15, 0.2) is 5.13 Å². The number of halogens is 4. The van der Waals surface area contributed by atoms with E-state index in [0.29, 0.717) is 23.2 Å². The molecule has 3 aromatic rings. The number of anilines is 1. The Hall–Kier alpha value is -2.46. The highest BCUT2D eigenvalue weighted by Gasteiger charge is 2.34. The van der Waals surface area contributed by atoms with Crippen LogP contribution in [0.5, 0.6) is 11.5 Å². The van der Waals surface area contributed by atoms with Crippen molar-refractivity contribution in [3.8, 4) is 11.5 Å². The Labute approximate surface area is 173 Å². The van der Waals surface area contributed by atoms with Gasteiger partial charge < -0.3 is 9.47 Å². The Morgan fingerprint density at radius 3 is 2.52 bits per heavy atom. The number of hydrogen-bond acceptors (Lipinski definition) is 6. The quantitative estimate of drug-likeness (QED) is 0.328. The van der Waals surface area contributed by atoms with Gasteiger partial charge in [0, 0.05) is 28.1 Å². The first-order valence-corrected chi connectivity index (χ1v) is 9.89. The summed E-state index contributed by atoms with van der Waals surface area (Å²) in [6.07, 6.45) is -3.17. The number of rotatable bonds is 7. The van der Waals surface area contributed by atoms with Gasteiger partial charge in [-0.3, -0.25) is 4.31 Å². The van der Waals surface area contributed by atoms with Gasteiger partial charge in [-0.15, -0.1) is 11.3 Å². The van der Waals surface area contributed by atoms with Crippen LogP contribution in [0.25, 0.3) is 0 Å². The van der Waals surface area contributed by atoms with Crippen molar-refractivity contribution in [3.63, 3.8) is 0 Å². The molecule has 3 rings (SSSR count). The highest BCUT2D eigenvalue weighted by atomic mass is 32.2. The van der Waals surface area contributed by atoms with Crippen LogP contribution in [-0.4, -0.2) is 19.2 Å². The molecule has 0 radical (unpaired) electrons. The van der Waals surface area contributed by atoms with Gasteiger partial charge in [0.25, 0.3) is 0 Å². The lowest BCUT2D eigenvalue weighted by molar-refractivity contribution is -0.140.